The first-order chi connectivity index (χ1) is 7.50. The van der Waals surface area contributed by atoms with Gasteiger partial charge in [0.25, 0.3) is 5.56 Å². The molecule has 1 aromatic heterocycles. The van der Waals surface area contributed by atoms with E-state index in [9.17, 15) is 9.59 Å². The van der Waals surface area contributed by atoms with Gasteiger partial charge in [-0.25, -0.2) is 4.98 Å². The van der Waals surface area contributed by atoms with Gasteiger partial charge in [0.05, 0.1) is 0 Å². The fraction of sp³-hybridized carbons (Fsp3) is 0.500. The van der Waals surface area contributed by atoms with Crippen LogP contribution in [0, 0.1) is 0 Å². The molecule has 0 spiro atoms. The summed E-state index contributed by atoms with van der Waals surface area (Å²) in [6, 6.07) is -0.0984. The Kier molecular flexibility index (Phi) is 4.04. The van der Waals surface area contributed by atoms with Gasteiger partial charge >= 0.3 is 5.97 Å². The zero-order chi connectivity index (χ0) is 12.1. The lowest BCUT2D eigenvalue weighted by Gasteiger charge is -2.12. The molecule has 16 heavy (non-hydrogen) atoms. The van der Waals surface area contributed by atoms with Crippen molar-refractivity contribution in [2.45, 2.75) is 25.8 Å². The van der Waals surface area contributed by atoms with E-state index >= 15 is 0 Å². The quantitative estimate of drug-likeness (QED) is 0.759. The summed E-state index contributed by atoms with van der Waals surface area (Å²) < 4.78 is 1.42. The Morgan fingerprint density at radius 2 is 2.38 bits per heavy atom. The summed E-state index contributed by atoms with van der Waals surface area (Å²) in [6.07, 6.45) is 3.61. The minimum Gasteiger partial charge on any atom is -0.481 e. The Labute approximate surface area is 92.9 Å². The molecular weight excluding hydrogens is 210 g/mol. The van der Waals surface area contributed by atoms with Crippen molar-refractivity contribution in [3.8, 4) is 0 Å². The minimum atomic E-state index is -0.845. The lowest BCUT2D eigenvalue weighted by atomic mass is 10.2. The SMILES string of the molecule is CC(CCC(=O)O)Nc1nccn(C)c1=O. The molecule has 1 heterocycles. The van der Waals surface area contributed by atoms with Crippen LogP contribution < -0.4 is 10.9 Å². The molecule has 0 aliphatic heterocycles. The molecule has 0 fully saturated rings. The van der Waals surface area contributed by atoms with Crippen LogP contribution in [0.25, 0.3) is 0 Å². The molecule has 1 aromatic rings. The number of aryl methyl sites for hydroxylation is 1. The maximum Gasteiger partial charge on any atom is 0.303 e. The van der Waals surface area contributed by atoms with Crippen LogP contribution in [0.1, 0.15) is 19.8 Å². The van der Waals surface area contributed by atoms with Crippen LogP contribution in [-0.4, -0.2) is 26.7 Å². The third kappa shape index (κ3) is 3.38. The van der Waals surface area contributed by atoms with Crippen molar-refractivity contribution in [2.24, 2.45) is 7.05 Å². The molecule has 0 aliphatic rings. The van der Waals surface area contributed by atoms with Gasteiger partial charge in [0.1, 0.15) is 0 Å². The van der Waals surface area contributed by atoms with Gasteiger partial charge in [0, 0.05) is 31.9 Å². The number of anilines is 1. The molecule has 0 aromatic carbocycles. The monoisotopic (exact) mass is 225 g/mol. The second-order valence-corrected chi connectivity index (χ2v) is 3.67. The Hall–Kier alpha value is -1.85. The van der Waals surface area contributed by atoms with Crippen molar-refractivity contribution in [3.63, 3.8) is 0 Å². The van der Waals surface area contributed by atoms with Crippen LogP contribution in [0.3, 0.4) is 0 Å². The second-order valence-electron chi connectivity index (χ2n) is 3.67. The third-order valence-electron chi connectivity index (χ3n) is 2.19. The molecule has 0 amide bonds. The predicted octanol–water partition coefficient (Wildman–Crippen LogP) is 0.445. The van der Waals surface area contributed by atoms with E-state index in [2.05, 4.69) is 10.3 Å². The predicted molar refractivity (Wildman–Crippen MR) is 59.4 cm³/mol. The molecule has 0 bridgehead atoms. The number of nitrogens with zero attached hydrogens (tertiary/aromatic N) is 2. The van der Waals surface area contributed by atoms with E-state index in [1.54, 1.807) is 13.2 Å². The van der Waals surface area contributed by atoms with E-state index < -0.39 is 5.97 Å². The van der Waals surface area contributed by atoms with Gasteiger partial charge in [-0.1, -0.05) is 0 Å². The molecule has 88 valence electrons. The first kappa shape index (κ1) is 12.2. The number of rotatable bonds is 5. The molecule has 1 rings (SSSR count). The fourth-order valence-electron chi connectivity index (χ4n) is 1.24. The summed E-state index contributed by atoms with van der Waals surface area (Å²) in [5.74, 6) is -0.592. The average molecular weight is 225 g/mol. The number of aliphatic carboxylic acids is 1. The normalized spacial score (nSPS) is 12.1. The minimum absolute atomic E-state index is 0.0707. The standard InChI is InChI=1S/C10H15N3O3/c1-7(3-4-8(14)15)12-9-10(16)13(2)6-5-11-9/h5-7H,3-4H2,1-2H3,(H,11,12)(H,14,15). The van der Waals surface area contributed by atoms with E-state index in [1.807, 2.05) is 6.92 Å². The largest absolute Gasteiger partial charge is 0.481 e. The molecule has 1 unspecified atom stereocenters. The molecule has 1 atom stereocenters. The van der Waals surface area contributed by atoms with Crippen molar-refractivity contribution in [3.05, 3.63) is 22.7 Å². The van der Waals surface area contributed by atoms with Crippen LogP contribution in [0.15, 0.2) is 17.2 Å². The van der Waals surface area contributed by atoms with E-state index in [0.717, 1.165) is 0 Å². The van der Waals surface area contributed by atoms with Gasteiger partial charge in [-0.3, -0.25) is 9.59 Å². The summed E-state index contributed by atoms with van der Waals surface area (Å²) in [7, 11) is 1.64. The highest BCUT2D eigenvalue weighted by Crippen LogP contribution is 2.02. The van der Waals surface area contributed by atoms with E-state index in [4.69, 9.17) is 5.11 Å². The van der Waals surface area contributed by atoms with Crippen molar-refractivity contribution in [1.29, 1.82) is 0 Å². The summed E-state index contributed by atoms with van der Waals surface area (Å²) in [5.41, 5.74) is -0.218. The number of hydrogen-bond acceptors (Lipinski definition) is 4. The highest BCUT2D eigenvalue weighted by Gasteiger charge is 2.08. The van der Waals surface area contributed by atoms with Gasteiger partial charge in [0.15, 0.2) is 5.82 Å². The van der Waals surface area contributed by atoms with Gasteiger partial charge in [-0.2, -0.15) is 0 Å². The number of carboxylic acid groups (broad SMARTS) is 1. The van der Waals surface area contributed by atoms with Gasteiger partial charge in [-0.15, -0.1) is 0 Å². The summed E-state index contributed by atoms with van der Waals surface area (Å²) in [6.45, 7) is 1.82. The molecule has 6 nitrogen and oxygen atoms in total. The number of aromatic nitrogens is 2. The second kappa shape index (κ2) is 5.29. The maximum atomic E-state index is 11.6. The van der Waals surface area contributed by atoms with Crippen LogP contribution in [0.4, 0.5) is 5.82 Å². The topological polar surface area (TPSA) is 84.2 Å². The Bertz CT molecular complexity index is 428. The van der Waals surface area contributed by atoms with E-state index in [1.165, 1.54) is 10.8 Å². The summed E-state index contributed by atoms with van der Waals surface area (Å²) >= 11 is 0. The van der Waals surface area contributed by atoms with Gasteiger partial charge < -0.3 is 15.0 Å². The molecule has 0 saturated carbocycles. The van der Waals surface area contributed by atoms with Crippen LogP contribution in [0.2, 0.25) is 0 Å². The highest BCUT2D eigenvalue weighted by atomic mass is 16.4. The van der Waals surface area contributed by atoms with Crippen LogP contribution in [-0.2, 0) is 11.8 Å². The molecule has 0 saturated heterocycles. The lowest BCUT2D eigenvalue weighted by molar-refractivity contribution is -0.137. The number of carbonyl (C=O) groups is 1. The van der Waals surface area contributed by atoms with Crippen molar-refractivity contribution >= 4 is 11.8 Å². The third-order valence-corrected chi connectivity index (χ3v) is 2.19. The smallest absolute Gasteiger partial charge is 0.303 e. The molecular formula is C10H15N3O3. The zero-order valence-electron chi connectivity index (χ0n) is 9.30. The zero-order valence-corrected chi connectivity index (χ0v) is 9.30. The molecule has 0 aliphatic carbocycles. The number of nitrogens with one attached hydrogen (secondary N) is 1. The number of carboxylic acids is 1. The Balaban J connectivity index is 2.63. The Morgan fingerprint density at radius 3 is 3.00 bits per heavy atom. The fourth-order valence-corrected chi connectivity index (χ4v) is 1.24. The van der Waals surface area contributed by atoms with Gasteiger partial charge in [-0.05, 0) is 13.3 Å². The highest BCUT2D eigenvalue weighted by molar-refractivity contribution is 5.66. The molecule has 0 radical (unpaired) electrons. The van der Waals surface area contributed by atoms with E-state index in [-0.39, 0.29) is 23.8 Å². The molecule has 6 heteroatoms. The average Bonchev–Trinajstić information content (AvgIpc) is 2.22. The first-order valence-corrected chi connectivity index (χ1v) is 5.00. The van der Waals surface area contributed by atoms with Crippen LogP contribution >= 0.6 is 0 Å². The van der Waals surface area contributed by atoms with Crippen molar-refractivity contribution in [1.82, 2.24) is 9.55 Å². The maximum absolute atomic E-state index is 11.6. The number of hydrogen-bond donors (Lipinski definition) is 2. The first-order valence-electron chi connectivity index (χ1n) is 5.00. The van der Waals surface area contributed by atoms with Gasteiger partial charge in [0.2, 0.25) is 0 Å². The van der Waals surface area contributed by atoms with E-state index in [0.29, 0.717) is 6.42 Å². The molecule has 2 N–H and O–H groups in total. The summed E-state index contributed by atoms with van der Waals surface area (Å²) in [5, 5.41) is 11.4. The summed E-state index contributed by atoms with van der Waals surface area (Å²) in [4.78, 5) is 25.8. The van der Waals surface area contributed by atoms with Crippen molar-refractivity contribution in [2.75, 3.05) is 5.32 Å². The lowest BCUT2D eigenvalue weighted by Crippen LogP contribution is -2.26. The van der Waals surface area contributed by atoms with Crippen LogP contribution in [0.5, 0.6) is 0 Å². The Morgan fingerprint density at radius 1 is 1.69 bits per heavy atom. The van der Waals surface area contributed by atoms with Crippen molar-refractivity contribution < 1.29 is 9.90 Å².